The number of hydrogen-bond acceptors (Lipinski definition) is 3. The number of halogens is 2. The number of aromatic nitrogens is 1. The summed E-state index contributed by atoms with van der Waals surface area (Å²) < 4.78 is 1.42. The third kappa shape index (κ3) is 3.13. The summed E-state index contributed by atoms with van der Waals surface area (Å²) in [6.07, 6.45) is 2.24. The Bertz CT molecular complexity index is 1090. The minimum Gasteiger partial charge on any atom is -0.369 e. The molecule has 2 heterocycles. The second kappa shape index (κ2) is 7.13. The van der Waals surface area contributed by atoms with Crippen molar-refractivity contribution >= 4 is 35.0 Å². The van der Waals surface area contributed by atoms with E-state index in [1.807, 2.05) is 0 Å². The molecule has 4 rings (SSSR count). The average Bonchev–Trinajstić information content (AvgIpc) is 3.02. The van der Waals surface area contributed by atoms with Crippen LogP contribution in [0.15, 0.2) is 41.3 Å². The Balaban J connectivity index is 1.63. The normalized spacial score (nSPS) is 24.3. The lowest BCUT2D eigenvalue weighted by Gasteiger charge is -2.54. The van der Waals surface area contributed by atoms with Gasteiger partial charge in [-0.15, -0.1) is 0 Å². The van der Waals surface area contributed by atoms with E-state index in [4.69, 9.17) is 28.9 Å². The molecule has 158 valence electrons. The van der Waals surface area contributed by atoms with Crippen LogP contribution < -0.4 is 11.3 Å². The summed E-state index contributed by atoms with van der Waals surface area (Å²) in [5.74, 6) is -0.759. The van der Waals surface area contributed by atoms with Gasteiger partial charge in [0.2, 0.25) is 5.91 Å². The lowest BCUT2D eigenvalue weighted by atomic mass is 9.48. The fourth-order valence-corrected chi connectivity index (χ4v) is 5.75. The Kier molecular flexibility index (Phi) is 4.98. The summed E-state index contributed by atoms with van der Waals surface area (Å²) in [5.41, 5.74) is 5.17. The minimum atomic E-state index is -0.696. The van der Waals surface area contributed by atoms with Gasteiger partial charge in [-0.25, -0.2) is 0 Å². The van der Waals surface area contributed by atoms with Crippen molar-refractivity contribution in [2.45, 2.75) is 26.8 Å². The number of pyridine rings is 1. The number of rotatable bonds is 4. The molecule has 1 aromatic heterocycles. The predicted octanol–water partition coefficient (Wildman–Crippen LogP) is 3.18. The van der Waals surface area contributed by atoms with Gasteiger partial charge >= 0.3 is 0 Å². The number of hydrogen-bond donors (Lipinski definition) is 1. The Morgan fingerprint density at radius 3 is 2.40 bits per heavy atom. The highest BCUT2D eigenvalue weighted by atomic mass is 35.5. The molecule has 8 heteroatoms. The SMILES string of the molecule is CC1(C)C[C@]2(C(N)=O)CN(C(=O)c3cccn(Cc4c(Cl)cccc4Cl)c3=O)C[C@H]12. The largest absolute Gasteiger partial charge is 0.369 e. The molecule has 2 atom stereocenters. The highest BCUT2D eigenvalue weighted by molar-refractivity contribution is 6.35. The smallest absolute Gasteiger partial charge is 0.263 e. The summed E-state index contributed by atoms with van der Waals surface area (Å²) in [7, 11) is 0. The van der Waals surface area contributed by atoms with Crippen molar-refractivity contribution in [1.82, 2.24) is 9.47 Å². The monoisotopic (exact) mass is 447 g/mol. The molecule has 0 radical (unpaired) electrons. The molecule has 6 nitrogen and oxygen atoms in total. The lowest BCUT2D eigenvalue weighted by Crippen LogP contribution is -2.59. The molecule has 2 aliphatic rings. The summed E-state index contributed by atoms with van der Waals surface area (Å²) in [6.45, 7) is 4.98. The maximum Gasteiger partial charge on any atom is 0.263 e. The van der Waals surface area contributed by atoms with Gasteiger partial charge in [-0.3, -0.25) is 14.4 Å². The van der Waals surface area contributed by atoms with E-state index in [0.717, 1.165) is 0 Å². The Morgan fingerprint density at radius 1 is 1.17 bits per heavy atom. The number of fused-ring (bicyclic) bond motifs is 1. The number of carbonyl (C=O) groups is 2. The van der Waals surface area contributed by atoms with Crippen LogP contribution in [0.25, 0.3) is 0 Å². The minimum absolute atomic E-state index is 0.000630. The van der Waals surface area contributed by atoms with Crippen molar-refractivity contribution in [1.29, 1.82) is 0 Å². The second-order valence-corrected chi connectivity index (χ2v) is 9.79. The van der Waals surface area contributed by atoms with Crippen molar-refractivity contribution in [2.24, 2.45) is 22.5 Å². The molecule has 0 bridgehead atoms. The van der Waals surface area contributed by atoms with Crippen molar-refractivity contribution in [3.63, 3.8) is 0 Å². The van der Waals surface area contributed by atoms with Crippen LogP contribution in [0.2, 0.25) is 10.0 Å². The first-order valence-corrected chi connectivity index (χ1v) is 10.5. The van der Waals surface area contributed by atoms with Gasteiger partial charge in [0, 0.05) is 34.9 Å². The molecule has 2 aromatic rings. The number of primary amides is 1. The molecule has 0 unspecified atom stereocenters. The Labute approximate surface area is 184 Å². The second-order valence-electron chi connectivity index (χ2n) is 8.98. The van der Waals surface area contributed by atoms with E-state index in [0.29, 0.717) is 28.6 Å². The molecule has 1 aliphatic heterocycles. The van der Waals surface area contributed by atoms with E-state index in [2.05, 4.69) is 13.8 Å². The topological polar surface area (TPSA) is 85.4 Å². The van der Waals surface area contributed by atoms with E-state index in [1.165, 1.54) is 10.6 Å². The Hall–Kier alpha value is -2.31. The van der Waals surface area contributed by atoms with Gasteiger partial charge in [0.1, 0.15) is 5.56 Å². The van der Waals surface area contributed by atoms with Crippen molar-refractivity contribution < 1.29 is 9.59 Å². The first kappa shape index (κ1) is 20.9. The Morgan fingerprint density at radius 2 is 1.83 bits per heavy atom. The molecule has 30 heavy (non-hydrogen) atoms. The van der Waals surface area contributed by atoms with Crippen LogP contribution in [0.5, 0.6) is 0 Å². The molecular formula is C22H23Cl2N3O3. The van der Waals surface area contributed by atoms with Gasteiger partial charge in [0.25, 0.3) is 11.5 Å². The number of nitrogens with two attached hydrogens (primary N) is 1. The predicted molar refractivity (Wildman–Crippen MR) is 116 cm³/mol. The van der Waals surface area contributed by atoms with Crippen LogP contribution in [0.3, 0.4) is 0 Å². The number of benzene rings is 1. The fourth-order valence-electron chi connectivity index (χ4n) is 5.23. The molecule has 2 fully saturated rings. The van der Waals surface area contributed by atoms with E-state index >= 15 is 0 Å². The van der Waals surface area contributed by atoms with Gasteiger partial charge in [-0.2, -0.15) is 0 Å². The number of nitrogens with zero attached hydrogens (tertiary/aromatic N) is 2. The number of likely N-dealkylation sites (tertiary alicyclic amines) is 1. The first-order valence-electron chi connectivity index (χ1n) is 9.78. The van der Waals surface area contributed by atoms with Gasteiger partial charge < -0.3 is 15.2 Å². The van der Waals surface area contributed by atoms with E-state index in [9.17, 15) is 14.4 Å². The molecule has 1 aromatic carbocycles. The first-order chi connectivity index (χ1) is 14.1. The third-order valence-electron chi connectivity index (χ3n) is 6.68. The van der Waals surface area contributed by atoms with Crippen LogP contribution in [0.4, 0.5) is 0 Å². The van der Waals surface area contributed by atoms with Gasteiger partial charge in [0.15, 0.2) is 0 Å². The van der Waals surface area contributed by atoms with Crippen LogP contribution in [0, 0.1) is 16.7 Å². The average molecular weight is 448 g/mol. The van der Waals surface area contributed by atoms with Crippen LogP contribution >= 0.6 is 23.2 Å². The van der Waals surface area contributed by atoms with Crippen molar-refractivity contribution in [3.8, 4) is 0 Å². The van der Waals surface area contributed by atoms with E-state index in [1.54, 1.807) is 35.4 Å². The molecule has 1 saturated heterocycles. The number of carbonyl (C=O) groups excluding carboxylic acids is 2. The summed E-state index contributed by atoms with van der Waals surface area (Å²) in [4.78, 5) is 40.0. The van der Waals surface area contributed by atoms with E-state index in [-0.39, 0.29) is 41.8 Å². The van der Waals surface area contributed by atoms with Crippen LogP contribution in [-0.4, -0.2) is 34.4 Å². The molecule has 1 aliphatic carbocycles. The number of amides is 2. The molecule has 2 amide bonds. The standard InChI is InChI=1S/C22H23Cl2N3O3/c1-21(2)11-22(20(25)30)12-27(10-17(21)22)19(29)13-5-4-8-26(18(13)28)9-14-15(23)6-3-7-16(14)24/h3-8,17H,9-12H2,1-2H3,(H2,25,30)/t17-,22+/m1/s1. The summed E-state index contributed by atoms with van der Waals surface area (Å²) in [6, 6.07) is 8.30. The zero-order valence-corrected chi connectivity index (χ0v) is 18.3. The van der Waals surface area contributed by atoms with Crippen molar-refractivity contribution in [2.75, 3.05) is 13.1 Å². The van der Waals surface area contributed by atoms with Gasteiger partial charge in [0.05, 0.1) is 12.0 Å². The van der Waals surface area contributed by atoms with Gasteiger partial charge in [-0.1, -0.05) is 43.1 Å². The van der Waals surface area contributed by atoms with Gasteiger partial charge in [-0.05, 0) is 42.0 Å². The molecule has 2 N–H and O–H groups in total. The van der Waals surface area contributed by atoms with Crippen LogP contribution in [-0.2, 0) is 11.3 Å². The summed E-state index contributed by atoms with van der Waals surface area (Å²) >= 11 is 12.5. The highest BCUT2D eigenvalue weighted by Gasteiger charge is 2.66. The van der Waals surface area contributed by atoms with E-state index < -0.39 is 11.0 Å². The maximum atomic E-state index is 13.2. The molecular weight excluding hydrogens is 425 g/mol. The molecule has 1 saturated carbocycles. The quantitative estimate of drug-likeness (QED) is 0.780. The van der Waals surface area contributed by atoms with Crippen LogP contribution in [0.1, 0.15) is 36.2 Å². The highest BCUT2D eigenvalue weighted by Crippen LogP contribution is 2.62. The zero-order chi connectivity index (χ0) is 21.8. The zero-order valence-electron chi connectivity index (χ0n) is 16.8. The lowest BCUT2D eigenvalue weighted by molar-refractivity contribution is -0.148. The maximum absolute atomic E-state index is 13.2. The summed E-state index contributed by atoms with van der Waals surface area (Å²) in [5, 5.41) is 0.903. The molecule has 0 spiro atoms. The third-order valence-corrected chi connectivity index (χ3v) is 7.38. The van der Waals surface area contributed by atoms with Crippen molar-refractivity contribution in [3.05, 3.63) is 68.1 Å². The fraction of sp³-hybridized carbons (Fsp3) is 0.409.